The van der Waals surface area contributed by atoms with Crippen molar-refractivity contribution in [2.75, 3.05) is 5.32 Å². The highest BCUT2D eigenvalue weighted by molar-refractivity contribution is 6.33. The number of rotatable bonds is 3. The van der Waals surface area contributed by atoms with Crippen LogP contribution in [-0.4, -0.2) is 14.8 Å². The fourth-order valence-corrected chi connectivity index (χ4v) is 3.78. The van der Waals surface area contributed by atoms with E-state index in [1.165, 1.54) is 6.20 Å². The van der Waals surface area contributed by atoms with E-state index in [9.17, 15) is 18.0 Å². The number of nitrogens with zero attached hydrogens (tertiary/aromatic N) is 3. The summed E-state index contributed by atoms with van der Waals surface area (Å²) in [5, 5.41) is 7.78. The van der Waals surface area contributed by atoms with Crippen LogP contribution in [0.2, 0.25) is 10.0 Å². The summed E-state index contributed by atoms with van der Waals surface area (Å²) in [6.45, 7) is 0. The fourth-order valence-electron chi connectivity index (χ4n) is 3.32. The van der Waals surface area contributed by atoms with E-state index in [4.69, 9.17) is 23.2 Å². The molecule has 0 aliphatic heterocycles. The molecule has 0 radical (unpaired) electrons. The Kier molecular flexibility index (Phi) is 5.00. The van der Waals surface area contributed by atoms with Crippen molar-refractivity contribution in [3.63, 3.8) is 0 Å². The fraction of sp³-hybridized carbons (Fsp3) is 0.211. The number of halogens is 5. The Labute approximate surface area is 173 Å². The quantitative estimate of drug-likeness (QED) is 0.618. The predicted molar refractivity (Wildman–Crippen MR) is 104 cm³/mol. The van der Waals surface area contributed by atoms with Gasteiger partial charge in [-0.1, -0.05) is 35.3 Å². The highest BCUT2D eigenvalue weighted by Crippen LogP contribution is 2.38. The zero-order valence-corrected chi connectivity index (χ0v) is 16.2. The first kappa shape index (κ1) is 19.7. The first-order valence-corrected chi connectivity index (χ1v) is 9.36. The van der Waals surface area contributed by atoms with E-state index in [-0.39, 0.29) is 16.9 Å². The third kappa shape index (κ3) is 3.70. The highest BCUT2D eigenvalue weighted by Gasteiger charge is 2.31. The summed E-state index contributed by atoms with van der Waals surface area (Å²) in [4.78, 5) is 16.3. The van der Waals surface area contributed by atoms with Crippen LogP contribution in [0.1, 0.15) is 29.2 Å². The van der Waals surface area contributed by atoms with Crippen molar-refractivity contribution < 1.29 is 13.2 Å². The molecule has 0 saturated carbocycles. The molecule has 1 N–H and O–H groups in total. The van der Waals surface area contributed by atoms with Crippen LogP contribution >= 0.6 is 23.2 Å². The maximum absolute atomic E-state index is 12.7. The molecule has 1 aromatic carbocycles. The van der Waals surface area contributed by atoms with Crippen LogP contribution in [-0.2, 0) is 12.6 Å². The van der Waals surface area contributed by atoms with Gasteiger partial charge in [0, 0.05) is 11.2 Å². The minimum absolute atomic E-state index is 0.0607. The zero-order chi connectivity index (χ0) is 20.8. The second kappa shape index (κ2) is 7.35. The molecule has 150 valence electrons. The largest absolute Gasteiger partial charge is 0.417 e. The molecule has 4 rings (SSSR count). The van der Waals surface area contributed by atoms with Gasteiger partial charge in [-0.15, -0.1) is 0 Å². The third-order valence-corrected chi connectivity index (χ3v) is 5.47. The maximum Gasteiger partial charge on any atom is 0.417 e. The molecule has 0 saturated heterocycles. The summed E-state index contributed by atoms with van der Waals surface area (Å²) in [7, 11) is 0. The highest BCUT2D eigenvalue weighted by atomic mass is 35.5. The SMILES string of the molecule is O=c1c(Cl)c(N[C@@H]2CCc3c(Cl)cccc32)cnn1-c1ccc(C(F)(F)F)cn1. The maximum atomic E-state index is 12.7. The van der Waals surface area contributed by atoms with Gasteiger partial charge >= 0.3 is 6.18 Å². The van der Waals surface area contributed by atoms with Crippen molar-refractivity contribution in [1.82, 2.24) is 14.8 Å². The molecule has 0 amide bonds. The first-order valence-electron chi connectivity index (χ1n) is 8.61. The number of anilines is 1. The summed E-state index contributed by atoms with van der Waals surface area (Å²) in [5.74, 6) is -0.0607. The van der Waals surface area contributed by atoms with Gasteiger partial charge in [0.05, 0.1) is 23.5 Å². The average Bonchev–Trinajstić information content (AvgIpc) is 3.09. The summed E-state index contributed by atoms with van der Waals surface area (Å²) in [6, 6.07) is 7.46. The van der Waals surface area contributed by atoms with E-state index in [0.29, 0.717) is 16.9 Å². The third-order valence-electron chi connectivity index (χ3n) is 4.75. The van der Waals surface area contributed by atoms with E-state index in [2.05, 4.69) is 15.4 Å². The lowest BCUT2D eigenvalue weighted by Crippen LogP contribution is -2.24. The lowest BCUT2D eigenvalue weighted by atomic mass is 10.1. The summed E-state index contributed by atoms with van der Waals surface area (Å²) >= 11 is 12.4. The topological polar surface area (TPSA) is 59.8 Å². The molecule has 10 heteroatoms. The molecule has 0 fully saturated rings. The lowest BCUT2D eigenvalue weighted by Gasteiger charge is -2.17. The van der Waals surface area contributed by atoms with Crippen LogP contribution in [0, 0.1) is 0 Å². The Bertz CT molecular complexity index is 1130. The normalized spacial score (nSPS) is 16.0. The molecule has 0 bridgehead atoms. The molecule has 2 heterocycles. The van der Waals surface area contributed by atoms with Crippen molar-refractivity contribution >= 4 is 28.9 Å². The van der Waals surface area contributed by atoms with Gasteiger partial charge < -0.3 is 5.32 Å². The minimum Gasteiger partial charge on any atom is -0.376 e. The van der Waals surface area contributed by atoms with Crippen molar-refractivity contribution in [3.05, 3.63) is 79.8 Å². The van der Waals surface area contributed by atoms with Gasteiger partial charge in [0.1, 0.15) is 5.02 Å². The number of nitrogens with one attached hydrogen (secondary N) is 1. The van der Waals surface area contributed by atoms with Gasteiger partial charge in [-0.05, 0) is 42.2 Å². The minimum atomic E-state index is -4.52. The van der Waals surface area contributed by atoms with Crippen molar-refractivity contribution in [2.24, 2.45) is 0 Å². The van der Waals surface area contributed by atoms with Crippen molar-refractivity contribution in [1.29, 1.82) is 0 Å². The first-order chi connectivity index (χ1) is 13.8. The van der Waals surface area contributed by atoms with E-state index in [0.717, 1.165) is 40.8 Å². The number of fused-ring (bicyclic) bond motifs is 1. The lowest BCUT2D eigenvalue weighted by molar-refractivity contribution is -0.137. The molecule has 1 aliphatic rings. The standard InChI is InChI=1S/C19H13Cl2F3N4O/c20-13-3-1-2-12-11(13)5-6-14(12)27-15-9-26-28(18(29)17(15)21)16-7-4-10(8-25-16)19(22,23)24/h1-4,7-9,14,27H,5-6H2/t14-/m1/s1. The Balaban J connectivity index is 1.62. The van der Waals surface area contributed by atoms with Crippen LogP contribution in [0.15, 0.2) is 47.5 Å². The number of aromatic nitrogens is 3. The van der Waals surface area contributed by atoms with Crippen LogP contribution in [0.3, 0.4) is 0 Å². The second-order valence-electron chi connectivity index (χ2n) is 6.54. The van der Waals surface area contributed by atoms with Gasteiger partial charge in [0.15, 0.2) is 5.82 Å². The monoisotopic (exact) mass is 440 g/mol. The van der Waals surface area contributed by atoms with Crippen LogP contribution in [0.5, 0.6) is 0 Å². The predicted octanol–water partition coefficient (Wildman–Crippen LogP) is 5.05. The van der Waals surface area contributed by atoms with Gasteiger partial charge in [-0.2, -0.15) is 23.0 Å². The van der Waals surface area contributed by atoms with Crippen LogP contribution in [0.4, 0.5) is 18.9 Å². The summed E-state index contributed by atoms with van der Waals surface area (Å²) in [6.07, 6.45) is -0.951. The number of hydrogen-bond acceptors (Lipinski definition) is 4. The molecule has 5 nitrogen and oxygen atoms in total. The van der Waals surface area contributed by atoms with E-state index in [1.807, 2.05) is 18.2 Å². The van der Waals surface area contributed by atoms with Crippen molar-refractivity contribution in [2.45, 2.75) is 25.1 Å². The molecule has 1 atom stereocenters. The molecule has 3 aromatic rings. The van der Waals surface area contributed by atoms with Gasteiger partial charge in [-0.25, -0.2) is 4.98 Å². The van der Waals surface area contributed by atoms with Gasteiger partial charge in [-0.3, -0.25) is 4.79 Å². The summed E-state index contributed by atoms with van der Waals surface area (Å²) in [5.41, 5.74) is 0.809. The molecule has 0 unspecified atom stereocenters. The van der Waals surface area contributed by atoms with E-state index >= 15 is 0 Å². The second-order valence-corrected chi connectivity index (χ2v) is 7.32. The zero-order valence-electron chi connectivity index (χ0n) is 14.7. The Hall–Kier alpha value is -2.58. The van der Waals surface area contributed by atoms with Gasteiger partial charge in [0.25, 0.3) is 5.56 Å². The molecular formula is C19H13Cl2F3N4O. The Morgan fingerprint density at radius 2 is 1.93 bits per heavy atom. The number of hydrogen-bond donors (Lipinski definition) is 1. The number of alkyl halides is 3. The Morgan fingerprint density at radius 3 is 2.62 bits per heavy atom. The number of pyridine rings is 1. The summed E-state index contributed by atoms with van der Waals surface area (Å²) < 4.78 is 38.9. The molecule has 0 spiro atoms. The number of benzene rings is 1. The molecular weight excluding hydrogens is 428 g/mol. The molecule has 1 aliphatic carbocycles. The molecule has 29 heavy (non-hydrogen) atoms. The Morgan fingerprint density at radius 1 is 1.14 bits per heavy atom. The van der Waals surface area contributed by atoms with Crippen LogP contribution < -0.4 is 10.9 Å². The van der Waals surface area contributed by atoms with Crippen molar-refractivity contribution in [3.8, 4) is 5.82 Å². The molecule has 2 aromatic heterocycles. The van der Waals surface area contributed by atoms with E-state index < -0.39 is 17.3 Å². The average molecular weight is 441 g/mol. The smallest absolute Gasteiger partial charge is 0.376 e. The van der Waals surface area contributed by atoms with Gasteiger partial charge in [0.2, 0.25) is 0 Å². The van der Waals surface area contributed by atoms with Crippen LogP contribution in [0.25, 0.3) is 5.82 Å². The van der Waals surface area contributed by atoms with E-state index in [1.54, 1.807) is 0 Å².